The number of carbonyl (C=O) groups is 3. The number of carbonyl (C=O) groups excluding carboxylic acids is 3. The van der Waals surface area contributed by atoms with Crippen LogP contribution in [0.25, 0.3) is 0 Å². The highest BCUT2D eigenvalue weighted by Crippen LogP contribution is 2.34. The Morgan fingerprint density at radius 1 is 1.16 bits per heavy atom. The van der Waals surface area contributed by atoms with E-state index in [4.69, 9.17) is 4.74 Å². The second-order valence-electron chi connectivity index (χ2n) is 8.78. The lowest BCUT2D eigenvalue weighted by molar-refractivity contribution is -0.179. The van der Waals surface area contributed by atoms with Crippen molar-refractivity contribution in [3.05, 3.63) is 35.4 Å². The summed E-state index contributed by atoms with van der Waals surface area (Å²) in [6.45, 7) is 3.52. The van der Waals surface area contributed by atoms with E-state index in [-0.39, 0.29) is 23.8 Å². The summed E-state index contributed by atoms with van der Waals surface area (Å²) >= 11 is 0. The molecule has 0 saturated carbocycles. The van der Waals surface area contributed by atoms with Crippen LogP contribution < -0.4 is 16.0 Å². The van der Waals surface area contributed by atoms with Gasteiger partial charge in [-0.05, 0) is 64.1 Å². The Bertz CT molecular complexity index is 860. The van der Waals surface area contributed by atoms with E-state index in [1.165, 1.54) is 5.56 Å². The average Bonchev–Trinajstić information content (AvgIpc) is 3.20. The van der Waals surface area contributed by atoms with E-state index in [1.54, 1.807) is 25.8 Å². The second-order valence-corrected chi connectivity index (χ2v) is 8.78. The van der Waals surface area contributed by atoms with E-state index in [0.29, 0.717) is 12.8 Å². The van der Waals surface area contributed by atoms with Crippen molar-refractivity contribution in [1.82, 2.24) is 20.9 Å². The van der Waals surface area contributed by atoms with Crippen LogP contribution in [0.2, 0.25) is 0 Å². The molecule has 2 aliphatic heterocycles. The maximum absolute atomic E-state index is 13.3. The molecule has 8 nitrogen and oxygen atoms in total. The van der Waals surface area contributed by atoms with Crippen molar-refractivity contribution in [2.24, 2.45) is 0 Å². The zero-order chi connectivity index (χ0) is 22.1. The van der Waals surface area contributed by atoms with Crippen molar-refractivity contribution in [2.75, 3.05) is 7.05 Å². The van der Waals surface area contributed by atoms with Gasteiger partial charge in [0.1, 0.15) is 18.3 Å². The molecule has 2 unspecified atom stereocenters. The molecule has 2 heterocycles. The van der Waals surface area contributed by atoms with Gasteiger partial charge in [-0.3, -0.25) is 14.4 Å². The maximum atomic E-state index is 13.3. The molecule has 3 amide bonds. The van der Waals surface area contributed by atoms with Crippen LogP contribution in [0.3, 0.4) is 0 Å². The Labute approximate surface area is 183 Å². The first-order valence-electron chi connectivity index (χ1n) is 11.2. The number of aryl methyl sites for hydroxylation is 1. The smallest absolute Gasteiger partial charge is 0.250 e. The molecule has 0 bridgehead atoms. The Kier molecular flexibility index (Phi) is 6.29. The molecule has 1 aromatic rings. The van der Waals surface area contributed by atoms with E-state index in [9.17, 15) is 14.4 Å². The first-order valence-corrected chi connectivity index (χ1v) is 11.2. The lowest BCUT2D eigenvalue weighted by Crippen LogP contribution is -2.65. The van der Waals surface area contributed by atoms with Gasteiger partial charge in [-0.1, -0.05) is 24.3 Å². The predicted molar refractivity (Wildman–Crippen MR) is 115 cm³/mol. The normalized spacial score (nSPS) is 30.9. The number of nitrogens with zero attached hydrogens (tertiary/aromatic N) is 1. The summed E-state index contributed by atoms with van der Waals surface area (Å²) in [6, 6.07) is 6.36. The van der Waals surface area contributed by atoms with Crippen molar-refractivity contribution >= 4 is 17.7 Å². The summed E-state index contributed by atoms with van der Waals surface area (Å²) in [6.07, 6.45) is 3.23. The number of fused-ring (bicyclic) bond motifs is 2. The zero-order valence-electron chi connectivity index (χ0n) is 18.4. The minimum absolute atomic E-state index is 0.0387. The molecule has 6 atom stereocenters. The maximum Gasteiger partial charge on any atom is 0.250 e. The largest absolute Gasteiger partial charge is 0.353 e. The number of hydrogen-bond acceptors (Lipinski definition) is 5. The quantitative estimate of drug-likeness (QED) is 0.650. The first kappa shape index (κ1) is 21.8. The van der Waals surface area contributed by atoms with E-state index in [0.717, 1.165) is 24.8 Å². The molecule has 0 aromatic heterocycles. The molecule has 2 fully saturated rings. The first-order chi connectivity index (χ1) is 14.9. The molecule has 3 aliphatic rings. The number of hydrogen-bond donors (Lipinski definition) is 3. The van der Waals surface area contributed by atoms with Gasteiger partial charge < -0.3 is 25.6 Å². The molecular weight excluding hydrogens is 396 g/mol. The van der Waals surface area contributed by atoms with Crippen LogP contribution >= 0.6 is 0 Å². The molecule has 31 heavy (non-hydrogen) atoms. The molecule has 8 heteroatoms. The summed E-state index contributed by atoms with van der Waals surface area (Å²) in [4.78, 5) is 40.4. The molecule has 168 valence electrons. The van der Waals surface area contributed by atoms with E-state index in [1.807, 2.05) is 12.1 Å². The molecule has 0 radical (unpaired) electrons. The molecule has 3 N–H and O–H groups in total. The summed E-state index contributed by atoms with van der Waals surface area (Å²) in [7, 11) is 1.69. The Morgan fingerprint density at radius 3 is 2.71 bits per heavy atom. The number of ether oxygens (including phenoxy) is 1. The SMILES string of the molecule is CN[C@@H](C)C(=O)N[C@@H]1C(=O)N2C(C(=O)NC3CCCc4ccccc43)CC[C@@H]2O[C@@H]1C. The molecular formula is C23H32N4O4. The number of benzene rings is 1. The summed E-state index contributed by atoms with van der Waals surface area (Å²) < 4.78 is 6.02. The predicted octanol–water partition coefficient (Wildman–Crippen LogP) is 1.01. The van der Waals surface area contributed by atoms with Crippen molar-refractivity contribution in [2.45, 2.75) is 82.5 Å². The third-order valence-electron chi connectivity index (χ3n) is 6.81. The lowest BCUT2D eigenvalue weighted by Gasteiger charge is -2.41. The van der Waals surface area contributed by atoms with Crippen LogP contribution in [0.1, 0.15) is 56.7 Å². The topological polar surface area (TPSA) is 99.8 Å². The molecule has 1 aliphatic carbocycles. The summed E-state index contributed by atoms with van der Waals surface area (Å²) in [5.74, 6) is -0.666. The van der Waals surface area contributed by atoms with Gasteiger partial charge >= 0.3 is 0 Å². The average molecular weight is 429 g/mol. The van der Waals surface area contributed by atoms with Gasteiger partial charge in [0.2, 0.25) is 11.8 Å². The van der Waals surface area contributed by atoms with Gasteiger partial charge in [-0.2, -0.15) is 0 Å². The van der Waals surface area contributed by atoms with Crippen LogP contribution in [0.4, 0.5) is 0 Å². The molecule has 1 aromatic carbocycles. The lowest BCUT2D eigenvalue weighted by atomic mass is 9.87. The number of likely N-dealkylation sites (N-methyl/N-ethyl adjacent to an activating group) is 1. The van der Waals surface area contributed by atoms with Crippen molar-refractivity contribution in [1.29, 1.82) is 0 Å². The van der Waals surface area contributed by atoms with Gasteiger partial charge in [-0.25, -0.2) is 0 Å². The van der Waals surface area contributed by atoms with Gasteiger partial charge in [0.25, 0.3) is 5.91 Å². The van der Waals surface area contributed by atoms with E-state index < -0.39 is 30.5 Å². The standard InChI is InChI=1S/C23H32N4O4/c1-13(24-3)21(28)26-20-14(2)31-19-12-11-18(27(19)23(20)30)22(29)25-17-10-6-8-15-7-4-5-9-16(15)17/h4-5,7,9,13-14,17-20,24H,6,8,10-12H2,1-3H3,(H,25,29)(H,26,28)/t13-,14+,17?,18?,19-,20-/m0/s1. The molecule has 2 saturated heterocycles. The van der Waals surface area contributed by atoms with Crippen molar-refractivity contribution < 1.29 is 19.1 Å². The van der Waals surface area contributed by atoms with Crippen molar-refractivity contribution in [3.8, 4) is 0 Å². The fourth-order valence-electron chi connectivity index (χ4n) is 4.91. The van der Waals surface area contributed by atoms with Crippen LogP contribution in [-0.4, -0.2) is 60.1 Å². The van der Waals surface area contributed by atoms with Gasteiger partial charge in [0.15, 0.2) is 0 Å². The number of nitrogens with one attached hydrogen (secondary N) is 3. The Balaban J connectivity index is 1.47. The second kappa shape index (κ2) is 8.96. The Hall–Kier alpha value is -2.45. The highest BCUT2D eigenvalue weighted by Gasteiger charge is 2.50. The van der Waals surface area contributed by atoms with Crippen LogP contribution in [0, 0.1) is 0 Å². The summed E-state index contributed by atoms with van der Waals surface area (Å²) in [5.41, 5.74) is 2.44. The number of rotatable bonds is 5. The molecule has 4 rings (SSSR count). The van der Waals surface area contributed by atoms with Crippen LogP contribution in [0.5, 0.6) is 0 Å². The van der Waals surface area contributed by atoms with Gasteiger partial charge in [0, 0.05) is 0 Å². The van der Waals surface area contributed by atoms with Gasteiger partial charge in [0.05, 0.1) is 18.2 Å². The highest BCUT2D eigenvalue weighted by molar-refractivity contribution is 5.94. The minimum Gasteiger partial charge on any atom is -0.353 e. The van der Waals surface area contributed by atoms with Crippen LogP contribution in [-0.2, 0) is 25.5 Å². The van der Waals surface area contributed by atoms with Gasteiger partial charge in [-0.15, -0.1) is 0 Å². The third kappa shape index (κ3) is 4.19. The monoisotopic (exact) mass is 428 g/mol. The van der Waals surface area contributed by atoms with Crippen LogP contribution in [0.15, 0.2) is 24.3 Å². The Morgan fingerprint density at radius 2 is 1.94 bits per heavy atom. The fraction of sp³-hybridized carbons (Fsp3) is 0.609. The number of amides is 3. The zero-order valence-corrected chi connectivity index (χ0v) is 18.4. The van der Waals surface area contributed by atoms with E-state index >= 15 is 0 Å². The van der Waals surface area contributed by atoms with Crippen molar-refractivity contribution in [3.63, 3.8) is 0 Å². The van der Waals surface area contributed by atoms with E-state index in [2.05, 4.69) is 28.1 Å². The summed E-state index contributed by atoms with van der Waals surface area (Å²) in [5, 5.41) is 8.83. The minimum atomic E-state index is -0.802. The fourth-order valence-corrected chi connectivity index (χ4v) is 4.91. The third-order valence-corrected chi connectivity index (χ3v) is 6.81. The molecule has 0 spiro atoms. The highest BCUT2D eigenvalue weighted by atomic mass is 16.5.